The van der Waals surface area contributed by atoms with Gasteiger partial charge in [-0.1, -0.05) is 26.0 Å². The summed E-state index contributed by atoms with van der Waals surface area (Å²) in [4.78, 5) is 0.264. The molecule has 0 aliphatic heterocycles. The molecule has 0 bridgehead atoms. The fourth-order valence-electron chi connectivity index (χ4n) is 2.06. The molecule has 114 valence electrons. The van der Waals surface area contributed by atoms with Crippen molar-refractivity contribution >= 4 is 10.0 Å². The molecule has 0 heterocycles. The van der Waals surface area contributed by atoms with E-state index in [1.165, 1.54) is 4.31 Å². The van der Waals surface area contributed by atoms with E-state index >= 15 is 0 Å². The van der Waals surface area contributed by atoms with Crippen LogP contribution in [0.3, 0.4) is 0 Å². The SMILES string of the molecule is CCNC(C)c1ccc(S(=O)(=O)N(CC)CCO)cc1. The summed E-state index contributed by atoms with van der Waals surface area (Å²) in [5, 5.41) is 12.2. The average Bonchev–Trinajstić information content (AvgIpc) is 2.45. The van der Waals surface area contributed by atoms with Gasteiger partial charge < -0.3 is 10.4 Å². The highest BCUT2D eigenvalue weighted by molar-refractivity contribution is 7.89. The van der Waals surface area contributed by atoms with Crippen LogP contribution >= 0.6 is 0 Å². The molecule has 0 radical (unpaired) electrons. The van der Waals surface area contributed by atoms with Crippen molar-refractivity contribution in [2.45, 2.75) is 31.7 Å². The van der Waals surface area contributed by atoms with Crippen LogP contribution in [0.4, 0.5) is 0 Å². The Morgan fingerprint density at radius 2 is 1.85 bits per heavy atom. The van der Waals surface area contributed by atoms with E-state index in [2.05, 4.69) is 5.32 Å². The van der Waals surface area contributed by atoms with Crippen molar-refractivity contribution < 1.29 is 13.5 Å². The van der Waals surface area contributed by atoms with E-state index in [1.807, 2.05) is 26.0 Å². The number of rotatable bonds is 8. The van der Waals surface area contributed by atoms with Crippen molar-refractivity contribution in [3.63, 3.8) is 0 Å². The minimum Gasteiger partial charge on any atom is -0.395 e. The molecule has 6 heteroatoms. The summed E-state index contributed by atoms with van der Waals surface area (Å²) in [6.45, 7) is 6.98. The topological polar surface area (TPSA) is 69.6 Å². The minimum absolute atomic E-state index is 0.119. The first-order valence-electron chi connectivity index (χ1n) is 6.91. The van der Waals surface area contributed by atoms with Gasteiger partial charge in [-0.25, -0.2) is 8.42 Å². The fourth-order valence-corrected chi connectivity index (χ4v) is 3.50. The lowest BCUT2D eigenvalue weighted by atomic mass is 10.1. The minimum atomic E-state index is -3.52. The summed E-state index contributed by atoms with van der Waals surface area (Å²) in [5.41, 5.74) is 1.05. The lowest BCUT2D eigenvalue weighted by Gasteiger charge is -2.20. The van der Waals surface area contributed by atoms with E-state index in [0.717, 1.165) is 12.1 Å². The number of hydrogen-bond donors (Lipinski definition) is 2. The van der Waals surface area contributed by atoms with Crippen LogP contribution in [0, 0.1) is 0 Å². The van der Waals surface area contributed by atoms with Crippen LogP contribution in [-0.2, 0) is 10.0 Å². The molecular formula is C14H24N2O3S. The lowest BCUT2D eigenvalue weighted by molar-refractivity contribution is 0.257. The van der Waals surface area contributed by atoms with E-state index in [1.54, 1.807) is 19.1 Å². The Bertz CT molecular complexity index is 500. The first-order chi connectivity index (χ1) is 9.47. The van der Waals surface area contributed by atoms with E-state index in [-0.39, 0.29) is 24.1 Å². The molecule has 2 N–H and O–H groups in total. The van der Waals surface area contributed by atoms with Gasteiger partial charge in [-0.05, 0) is 31.2 Å². The molecular weight excluding hydrogens is 276 g/mol. The predicted octanol–water partition coefficient (Wildman–Crippen LogP) is 1.36. The third-order valence-corrected chi connectivity index (χ3v) is 5.22. The summed E-state index contributed by atoms with van der Waals surface area (Å²) in [6.07, 6.45) is 0. The first kappa shape index (κ1) is 17.1. The molecule has 0 spiro atoms. The van der Waals surface area contributed by atoms with Gasteiger partial charge in [0.05, 0.1) is 11.5 Å². The summed E-state index contributed by atoms with van der Waals surface area (Å²) in [7, 11) is -3.52. The zero-order chi connectivity index (χ0) is 15.2. The second-order valence-corrected chi connectivity index (χ2v) is 6.51. The maximum atomic E-state index is 12.4. The summed E-state index contributed by atoms with van der Waals surface area (Å²) in [6, 6.07) is 7.09. The number of nitrogens with one attached hydrogen (secondary N) is 1. The van der Waals surface area contributed by atoms with E-state index in [4.69, 9.17) is 5.11 Å². The van der Waals surface area contributed by atoms with E-state index in [9.17, 15) is 8.42 Å². The molecule has 0 saturated heterocycles. The molecule has 1 unspecified atom stereocenters. The molecule has 20 heavy (non-hydrogen) atoms. The number of aliphatic hydroxyl groups is 1. The molecule has 5 nitrogen and oxygen atoms in total. The van der Waals surface area contributed by atoms with Gasteiger partial charge in [0.15, 0.2) is 0 Å². The Balaban J connectivity index is 2.97. The summed E-state index contributed by atoms with van der Waals surface area (Å²) < 4.78 is 26.0. The highest BCUT2D eigenvalue weighted by Gasteiger charge is 2.22. The third kappa shape index (κ3) is 4.02. The molecule has 0 aliphatic rings. The van der Waals surface area contributed by atoms with Crippen LogP contribution in [0.2, 0.25) is 0 Å². The van der Waals surface area contributed by atoms with Crippen molar-refractivity contribution in [3.05, 3.63) is 29.8 Å². The van der Waals surface area contributed by atoms with Gasteiger partial charge in [0.1, 0.15) is 0 Å². The number of likely N-dealkylation sites (N-methyl/N-ethyl adjacent to an activating group) is 1. The molecule has 1 aromatic carbocycles. The Morgan fingerprint density at radius 3 is 2.30 bits per heavy atom. The largest absolute Gasteiger partial charge is 0.395 e. The van der Waals surface area contributed by atoms with Gasteiger partial charge in [0, 0.05) is 19.1 Å². The van der Waals surface area contributed by atoms with Crippen molar-refractivity contribution in [2.75, 3.05) is 26.2 Å². The molecule has 0 saturated carbocycles. The van der Waals surface area contributed by atoms with Gasteiger partial charge >= 0.3 is 0 Å². The molecule has 0 amide bonds. The van der Waals surface area contributed by atoms with Gasteiger partial charge in [-0.3, -0.25) is 0 Å². The summed E-state index contributed by atoms with van der Waals surface area (Å²) >= 11 is 0. The normalized spacial score (nSPS) is 13.7. The van der Waals surface area contributed by atoms with Crippen molar-refractivity contribution in [3.8, 4) is 0 Å². The van der Waals surface area contributed by atoms with Gasteiger partial charge in [-0.2, -0.15) is 4.31 Å². The number of nitrogens with zero attached hydrogens (tertiary/aromatic N) is 1. The lowest BCUT2D eigenvalue weighted by Crippen LogP contribution is -2.33. The Morgan fingerprint density at radius 1 is 1.25 bits per heavy atom. The second kappa shape index (κ2) is 7.73. The predicted molar refractivity (Wildman–Crippen MR) is 80.1 cm³/mol. The number of sulfonamides is 1. The fraction of sp³-hybridized carbons (Fsp3) is 0.571. The maximum Gasteiger partial charge on any atom is 0.243 e. The zero-order valence-corrected chi connectivity index (χ0v) is 13.2. The monoisotopic (exact) mass is 300 g/mol. The highest BCUT2D eigenvalue weighted by Crippen LogP contribution is 2.19. The number of hydrogen-bond acceptors (Lipinski definition) is 4. The standard InChI is InChI=1S/C14H24N2O3S/c1-4-15-12(3)13-6-8-14(9-7-13)20(18,19)16(5-2)10-11-17/h6-9,12,15,17H,4-5,10-11H2,1-3H3. The highest BCUT2D eigenvalue weighted by atomic mass is 32.2. The van der Waals surface area contributed by atoms with Crippen molar-refractivity contribution in [1.29, 1.82) is 0 Å². The third-order valence-electron chi connectivity index (χ3n) is 3.23. The van der Waals surface area contributed by atoms with Gasteiger partial charge in [0.25, 0.3) is 0 Å². The Hall–Kier alpha value is -0.950. The number of aliphatic hydroxyl groups excluding tert-OH is 1. The van der Waals surface area contributed by atoms with Crippen LogP contribution in [0.25, 0.3) is 0 Å². The molecule has 0 aromatic heterocycles. The van der Waals surface area contributed by atoms with Crippen LogP contribution < -0.4 is 5.32 Å². The first-order valence-corrected chi connectivity index (χ1v) is 8.35. The summed E-state index contributed by atoms with van der Waals surface area (Å²) in [5.74, 6) is 0. The maximum absolute atomic E-state index is 12.4. The van der Waals surface area contributed by atoms with Crippen molar-refractivity contribution in [2.24, 2.45) is 0 Å². The van der Waals surface area contributed by atoms with Gasteiger partial charge in [0.2, 0.25) is 10.0 Å². The molecule has 1 atom stereocenters. The Labute approximate surface area is 121 Å². The van der Waals surface area contributed by atoms with Crippen LogP contribution in [0.5, 0.6) is 0 Å². The van der Waals surface area contributed by atoms with Crippen LogP contribution in [-0.4, -0.2) is 44.1 Å². The van der Waals surface area contributed by atoms with Crippen LogP contribution in [0.1, 0.15) is 32.4 Å². The zero-order valence-electron chi connectivity index (χ0n) is 12.3. The smallest absolute Gasteiger partial charge is 0.243 e. The number of benzene rings is 1. The molecule has 1 rings (SSSR count). The van der Waals surface area contributed by atoms with Crippen LogP contribution in [0.15, 0.2) is 29.2 Å². The Kier molecular flexibility index (Phi) is 6.61. The molecule has 0 aliphatic carbocycles. The average molecular weight is 300 g/mol. The molecule has 1 aromatic rings. The second-order valence-electron chi connectivity index (χ2n) is 4.57. The quantitative estimate of drug-likeness (QED) is 0.760. The molecule has 0 fully saturated rings. The van der Waals surface area contributed by atoms with Gasteiger partial charge in [-0.15, -0.1) is 0 Å². The van der Waals surface area contributed by atoms with Crippen molar-refractivity contribution in [1.82, 2.24) is 9.62 Å². The van der Waals surface area contributed by atoms with E-state index < -0.39 is 10.0 Å². The van der Waals surface area contributed by atoms with E-state index in [0.29, 0.717) is 6.54 Å².